The van der Waals surface area contributed by atoms with Crippen LogP contribution in [0.4, 0.5) is 0 Å². The maximum atomic E-state index is 9.53. The van der Waals surface area contributed by atoms with Crippen LogP contribution in [0.1, 0.15) is 27.2 Å². The summed E-state index contributed by atoms with van der Waals surface area (Å²) in [5, 5.41) is 18.8. The molecule has 0 spiro atoms. The van der Waals surface area contributed by atoms with Crippen LogP contribution in [0.3, 0.4) is 0 Å². The Bertz CT molecular complexity index is 30.2. The molecule has 0 aromatic rings. The SMILES string of the molecule is CC(C)[O-].CCC[O-].[Na+].[Na+]. The predicted molar refractivity (Wildman–Crippen MR) is 30.3 cm³/mol. The molecule has 0 saturated carbocycles. The fourth-order valence-corrected chi connectivity index (χ4v) is 0. The van der Waals surface area contributed by atoms with Crippen molar-refractivity contribution in [3.63, 3.8) is 0 Å². The Morgan fingerprint density at radius 1 is 1.20 bits per heavy atom. The Morgan fingerprint density at radius 2 is 1.30 bits per heavy atom. The maximum absolute atomic E-state index is 9.53. The largest absolute Gasteiger partial charge is 1.00 e. The van der Waals surface area contributed by atoms with E-state index >= 15 is 0 Å². The first-order valence-electron chi connectivity index (χ1n) is 2.89. The molecule has 4 heteroatoms. The van der Waals surface area contributed by atoms with Crippen LogP contribution in [0.5, 0.6) is 0 Å². The maximum Gasteiger partial charge on any atom is 1.00 e. The first-order chi connectivity index (χ1) is 3.65. The van der Waals surface area contributed by atoms with Gasteiger partial charge < -0.3 is 10.2 Å². The van der Waals surface area contributed by atoms with Gasteiger partial charge in [0, 0.05) is 0 Å². The average molecular weight is 164 g/mol. The van der Waals surface area contributed by atoms with Gasteiger partial charge in [0.2, 0.25) is 0 Å². The Balaban J connectivity index is -0.0000000300. The van der Waals surface area contributed by atoms with Gasteiger partial charge in [0.25, 0.3) is 0 Å². The summed E-state index contributed by atoms with van der Waals surface area (Å²) in [6.45, 7) is 5.16. The standard InChI is InChI=1S/2C3H7O.2Na/c1-3(2)4;1-2-3-4;;/h3H,1-2H3;2-3H2,1H3;;/q2*-1;2*+1. The van der Waals surface area contributed by atoms with Gasteiger partial charge in [-0.25, -0.2) is 0 Å². The fraction of sp³-hybridized carbons (Fsp3) is 1.00. The van der Waals surface area contributed by atoms with E-state index in [0.29, 0.717) is 0 Å². The average Bonchev–Trinajstić information content (AvgIpc) is 1.65. The Morgan fingerprint density at radius 3 is 1.30 bits per heavy atom. The molecule has 0 rings (SSSR count). The summed E-state index contributed by atoms with van der Waals surface area (Å²) in [5.74, 6) is 0. The minimum absolute atomic E-state index is 0. The molecule has 0 aliphatic carbocycles. The summed E-state index contributed by atoms with van der Waals surface area (Å²) in [7, 11) is 0. The second-order valence-corrected chi connectivity index (χ2v) is 1.75. The Hall–Kier alpha value is 1.92. The quantitative estimate of drug-likeness (QED) is 0.362. The summed E-state index contributed by atoms with van der Waals surface area (Å²) in [5.41, 5.74) is 0. The minimum atomic E-state index is -0.417. The van der Waals surface area contributed by atoms with Gasteiger partial charge in [-0.2, -0.15) is 0 Å². The first-order valence-corrected chi connectivity index (χ1v) is 2.89. The van der Waals surface area contributed by atoms with Crippen LogP contribution < -0.4 is 69.3 Å². The second kappa shape index (κ2) is 22.4. The molecule has 52 valence electrons. The monoisotopic (exact) mass is 164 g/mol. The molecule has 0 aliphatic rings. The van der Waals surface area contributed by atoms with Crippen molar-refractivity contribution in [3.05, 3.63) is 0 Å². The Labute approximate surface area is 108 Å². The molecule has 0 aliphatic heterocycles. The second-order valence-electron chi connectivity index (χ2n) is 1.75. The smallest absolute Gasteiger partial charge is 0.854 e. The van der Waals surface area contributed by atoms with Gasteiger partial charge in [0.05, 0.1) is 0 Å². The van der Waals surface area contributed by atoms with Gasteiger partial charge in [0.1, 0.15) is 0 Å². The van der Waals surface area contributed by atoms with E-state index in [9.17, 15) is 10.2 Å². The van der Waals surface area contributed by atoms with Crippen molar-refractivity contribution in [2.45, 2.75) is 33.3 Å². The van der Waals surface area contributed by atoms with Gasteiger partial charge in [-0.05, 0) is 0 Å². The molecule has 0 amide bonds. The van der Waals surface area contributed by atoms with E-state index in [1.54, 1.807) is 13.8 Å². The van der Waals surface area contributed by atoms with Gasteiger partial charge in [-0.3, -0.25) is 0 Å². The third kappa shape index (κ3) is 92.6. The van der Waals surface area contributed by atoms with Crippen LogP contribution >= 0.6 is 0 Å². The van der Waals surface area contributed by atoms with Crippen molar-refractivity contribution in [1.82, 2.24) is 0 Å². The molecule has 0 fully saturated rings. The van der Waals surface area contributed by atoms with Gasteiger partial charge in [-0.15, -0.1) is 12.7 Å². The number of rotatable bonds is 1. The third-order valence-electron chi connectivity index (χ3n) is 0.204. The summed E-state index contributed by atoms with van der Waals surface area (Å²) in [4.78, 5) is 0. The zero-order valence-electron chi connectivity index (χ0n) is 7.81. The topological polar surface area (TPSA) is 46.1 Å². The van der Waals surface area contributed by atoms with Crippen molar-refractivity contribution in [2.75, 3.05) is 6.61 Å². The number of hydrogen-bond donors (Lipinski definition) is 0. The molecule has 0 aromatic carbocycles. The zero-order chi connectivity index (χ0) is 6.99. The van der Waals surface area contributed by atoms with Crippen LogP contribution in [0.25, 0.3) is 0 Å². The van der Waals surface area contributed by atoms with Crippen molar-refractivity contribution in [1.29, 1.82) is 0 Å². The van der Waals surface area contributed by atoms with Crippen molar-refractivity contribution in [3.8, 4) is 0 Å². The normalized spacial score (nSPS) is 6.60. The molecule has 0 saturated heterocycles. The summed E-state index contributed by atoms with van der Waals surface area (Å²) in [6, 6.07) is 0. The fourth-order valence-electron chi connectivity index (χ4n) is 0. The van der Waals surface area contributed by atoms with E-state index in [-0.39, 0.29) is 65.7 Å². The van der Waals surface area contributed by atoms with Crippen LogP contribution in [0, 0.1) is 0 Å². The molecule has 0 heterocycles. The third-order valence-corrected chi connectivity index (χ3v) is 0.204. The van der Waals surface area contributed by atoms with Crippen molar-refractivity contribution >= 4 is 0 Å². The van der Waals surface area contributed by atoms with E-state index < -0.39 is 6.10 Å². The van der Waals surface area contributed by atoms with E-state index in [1.807, 2.05) is 6.92 Å². The summed E-state index contributed by atoms with van der Waals surface area (Å²) in [6.07, 6.45) is 0.347. The molecule has 0 unspecified atom stereocenters. The van der Waals surface area contributed by atoms with E-state index in [1.165, 1.54) is 0 Å². The molecular formula is C6H14Na2O2. The van der Waals surface area contributed by atoms with Crippen LogP contribution in [-0.4, -0.2) is 12.7 Å². The van der Waals surface area contributed by atoms with E-state index in [0.717, 1.165) is 6.42 Å². The Kier molecular flexibility index (Phi) is 50.9. The zero-order valence-corrected chi connectivity index (χ0v) is 11.8. The van der Waals surface area contributed by atoms with Crippen LogP contribution in [0.15, 0.2) is 0 Å². The van der Waals surface area contributed by atoms with Gasteiger partial charge in [0.15, 0.2) is 0 Å². The summed E-state index contributed by atoms with van der Waals surface area (Å²) < 4.78 is 0. The molecule has 0 N–H and O–H groups in total. The molecule has 0 radical (unpaired) electrons. The van der Waals surface area contributed by atoms with E-state index in [2.05, 4.69) is 0 Å². The van der Waals surface area contributed by atoms with Crippen LogP contribution in [-0.2, 0) is 0 Å². The minimum Gasteiger partial charge on any atom is -0.854 e. The molecule has 0 bridgehead atoms. The van der Waals surface area contributed by atoms with E-state index in [4.69, 9.17) is 0 Å². The van der Waals surface area contributed by atoms with Crippen LogP contribution in [0.2, 0.25) is 0 Å². The molecule has 0 aromatic heterocycles. The van der Waals surface area contributed by atoms with Gasteiger partial charge >= 0.3 is 59.1 Å². The molecule has 2 nitrogen and oxygen atoms in total. The molecule has 10 heavy (non-hydrogen) atoms. The molecule has 0 atom stereocenters. The number of hydrogen-bond acceptors (Lipinski definition) is 2. The van der Waals surface area contributed by atoms with Crippen molar-refractivity contribution in [2.24, 2.45) is 0 Å². The first kappa shape index (κ1) is 22.7. The van der Waals surface area contributed by atoms with Gasteiger partial charge in [-0.1, -0.05) is 27.2 Å². The van der Waals surface area contributed by atoms with Crippen molar-refractivity contribution < 1.29 is 69.3 Å². The predicted octanol–water partition coefficient (Wildman–Crippen LogP) is -6.48. The molecular weight excluding hydrogens is 150 g/mol. The summed E-state index contributed by atoms with van der Waals surface area (Å²) >= 11 is 0.